The highest BCUT2D eigenvalue weighted by atomic mass is 16.4. The maximum absolute atomic E-state index is 10.4. The summed E-state index contributed by atoms with van der Waals surface area (Å²) < 4.78 is 0. The molecule has 0 aliphatic heterocycles. The fourth-order valence-electron chi connectivity index (χ4n) is 0.953. The standard InChI is InChI=1S/C7H9N3O2/c1-3-2-4(7(11)12)10-5(3)6(8)9/h2,10H,1H3,(H3,8,9)(H,11,12). The average Bonchev–Trinajstić information content (AvgIpc) is 2.30. The highest BCUT2D eigenvalue weighted by Gasteiger charge is 2.10. The Morgan fingerprint density at radius 3 is 2.58 bits per heavy atom. The van der Waals surface area contributed by atoms with Crippen molar-refractivity contribution in [1.82, 2.24) is 4.98 Å². The van der Waals surface area contributed by atoms with E-state index in [1.165, 1.54) is 6.07 Å². The van der Waals surface area contributed by atoms with Crippen molar-refractivity contribution in [3.05, 3.63) is 23.0 Å². The van der Waals surface area contributed by atoms with E-state index in [1.807, 2.05) is 0 Å². The molecule has 5 nitrogen and oxygen atoms in total. The third-order valence-corrected chi connectivity index (χ3v) is 1.51. The van der Waals surface area contributed by atoms with Crippen LogP contribution in [0.25, 0.3) is 0 Å². The minimum Gasteiger partial charge on any atom is -0.477 e. The van der Waals surface area contributed by atoms with E-state index in [4.69, 9.17) is 16.2 Å². The number of aromatic amines is 1. The molecule has 12 heavy (non-hydrogen) atoms. The summed E-state index contributed by atoms with van der Waals surface area (Å²) >= 11 is 0. The minimum atomic E-state index is -1.05. The molecule has 0 aromatic carbocycles. The molecule has 0 atom stereocenters. The Bertz CT molecular complexity index is 340. The van der Waals surface area contributed by atoms with Crippen LogP contribution < -0.4 is 5.73 Å². The predicted molar refractivity (Wildman–Crippen MR) is 43.5 cm³/mol. The fourth-order valence-corrected chi connectivity index (χ4v) is 0.953. The van der Waals surface area contributed by atoms with Crippen molar-refractivity contribution in [2.75, 3.05) is 0 Å². The van der Waals surface area contributed by atoms with Gasteiger partial charge in [-0.2, -0.15) is 0 Å². The molecule has 1 aromatic rings. The van der Waals surface area contributed by atoms with Crippen LogP contribution in [0, 0.1) is 12.3 Å². The summed E-state index contributed by atoms with van der Waals surface area (Å²) in [7, 11) is 0. The number of nitrogens with two attached hydrogens (primary N) is 1. The van der Waals surface area contributed by atoms with Gasteiger partial charge in [0.25, 0.3) is 0 Å². The molecule has 0 radical (unpaired) electrons. The van der Waals surface area contributed by atoms with Crippen molar-refractivity contribution in [2.45, 2.75) is 6.92 Å². The van der Waals surface area contributed by atoms with Crippen LogP contribution >= 0.6 is 0 Å². The Hall–Kier alpha value is -1.78. The SMILES string of the molecule is Cc1cc(C(=O)O)[nH]c1C(=N)N. The lowest BCUT2D eigenvalue weighted by Crippen LogP contribution is -2.13. The van der Waals surface area contributed by atoms with Gasteiger partial charge in [0, 0.05) is 0 Å². The molecule has 1 heterocycles. The number of aromatic nitrogens is 1. The first kappa shape index (κ1) is 8.32. The first-order valence-electron chi connectivity index (χ1n) is 3.29. The molecule has 0 spiro atoms. The van der Waals surface area contributed by atoms with Gasteiger partial charge in [0.2, 0.25) is 0 Å². The predicted octanol–water partition coefficient (Wildman–Crippen LogP) is 0.305. The molecule has 0 saturated carbocycles. The molecule has 64 valence electrons. The Morgan fingerprint density at radius 1 is 1.75 bits per heavy atom. The van der Waals surface area contributed by atoms with Crippen LogP contribution in [0.4, 0.5) is 0 Å². The Morgan fingerprint density at radius 2 is 2.33 bits per heavy atom. The van der Waals surface area contributed by atoms with E-state index in [-0.39, 0.29) is 11.5 Å². The van der Waals surface area contributed by atoms with Gasteiger partial charge in [-0.1, -0.05) is 0 Å². The number of amidine groups is 1. The number of rotatable bonds is 2. The number of nitrogen functional groups attached to an aromatic ring is 1. The number of hydrogen-bond acceptors (Lipinski definition) is 2. The average molecular weight is 167 g/mol. The molecule has 5 heteroatoms. The smallest absolute Gasteiger partial charge is 0.352 e. The summed E-state index contributed by atoms with van der Waals surface area (Å²) in [5.74, 6) is -1.20. The van der Waals surface area contributed by atoms with Crippen LogP contribution in [-0.2, 0) is 0 Å². The van der Waals surface area contributed by atoms with E-state index in [0.717, 1.165) is 0 Å². The van der Waals surface area contributed by atoms with Crippen LogP contribution in [0.15, 0.2) is 6.07 Å². The number of H-pyrrole nitrogens is 1. The van der Waals surface area contributed by atoms with E-state index in [9.17, 15) is 4.79 Å². The molecule has 0 unspecified atom stereocenters. The van der Waals surface area contributed by atoms with Gasteiger partial charge in [-0.25, -0.2) is 4.79 Å². The minimum absolute atomic E-state index is 0.0534. The van der Waals surface area contributed by atoms with Gasteiger partial charge in [0.05, 0.1) is 5.69 Å². The highest BCUT2D eigenvalue weighted by Crippen LogP contribution is 2.08. The monoisotopic (exact) mass is 167 g/mol. The quantitative estimate of drug-likeness (QED) is 0.376. The number of aryl methyl sites for hydroxylation is 1. The normalized spacial score (nSPS) is 9.75. The van der Waals surface area contributed by atoms with Gasteiger partial charge in [-0.15, -0.1) is 0 Å². The van der Waals surface area contributed by atoms with Gasteiger partial charge in [-0.3, -0.25) is 5.41 Å². The Labute approximate surface area is 68.7 Å². The Balaban J connectivity index is 3.17. The van der Waals surface area contributed by atoms with Crippen LogP contribution in [0.2, 0.25) is 0 Å². The van der Waals surface area contributed by atoms with Crippen molar-refractivity contribution in [3.63, 3.8) is 0 Å². The number of carboxylic acids is 1. The van der Waals surface area contributed by atoms with Crippen LogP contribution in [0.3, 0.4) is 0 Å². The molecule has 0 aliphatic rings. The second kappa shape index (κ2) is 2.69. The zero-order valence-electron chi connectivity index (χ0n) is 6.51. The largest absolute Gasteiger partial charge is 0.477 e. The summed E-state index contributed by atoms with van der Waals surface area (Å²) in [6.07, 6.45) is 0. The van der Waals surface area contributed by atoms with Crippen LogP contribution in [-0.4, -0.2) is 21.9 Å². The summed E-state index contributed by atoms with van der Waals surface area (Å²) in [5.41, 5.74) is 6.28. The second-order valence-corrected chi connectivity index (χ2v) is 2.46. The van der Waals surface area contributed by atoms with Crippen molar-refractivity contribution in [2.24, 2.45) is 5.73 Å². The first-order chi connectivity index (χ1) is 5.52. The molecule has 0 amide bonds. The van der Waals surface area contributed by atoms with Crippen molar-refractivity contribution in [3.8, 4) is 0 Å². The summed E-state index contributed by atoms with van der Waals surface area (Å²) in [4.78, 5) is 13.0. The number of carbonyl (C=O) groups is 1. The maximum atomic E-state index is 10.4. The molecule has 5 N–H and O–H groups in total. The van der Waals surface area contributed by atoms with Crippen molar-refractivity contribution < 1.29 is 9.90 Å². The lowest BCUT2D eigenvalue weighted by Gasteiger charge is -1.93. The third kappa shape index (κ3) is 1.29. The van der Waals surface area contributed by atoms with Crippen LogP contribution in [0.5, 0.6) is 0 Å². The van der Waals surface area contributed by atoms with Gasteiger partial charge in [0.1, 0.15) is 11.5 Å². The van der Waals surface area contributed by atoms with E-state index in [1.54, 1.807) is 6.92 Å². The van der Waals surface area contributed by atoms with Gasteiger partial charge >= 0.3 is 5.97 Å². The zero-order valence-corrected chi connectivity index (χ0v) is 6.51. The van der Waals surface area contributed by atoms with Crippen molar-refractivity contribution in [1.29, 1.82) is 5.41 Å². The molecule has 0 saturated heterocycles. The molecule has 0 bridgehead atoms. The Kier molecular flexibility index (Phi) is 1.86. The molecule has 0 aliphatic carbocycles. The fraction of sp³-hybridized carbons (Fsp3) is 0.143. The first-order valence-corrected chi connectivity index (χ1v) is 3.29. The lowest BCUT2D eigenvalue weighted by atomic mass is 10.2. The van der Waals surface area contributed by atoms with E-state index >= 15 is 0 Å². The maximum Gasteiger partial charge on any atom is 0.352 e. The summed E-state index contributed by atoms with van der Waals surface area (Å²) in [6, 6.07) is 1.44. The second-order valence-electron chi connectivity index (χ2n) is 2.46. The van der Waals surface area contributed by atoms with Gasteiger partial charge < -0.3 is 15.8 Å². The molecule has 1 rings (SSSR count). The number of hydrogen-bond donors (Lipinski definition) is 4. The lowest BCUT2D eigenvalue weighted by molar-refractivity contribution is 0.0691. The molecule has 1 aromatic heterocycles. The molecule has 0 fully saturated rings. The zero-order chi connectivity index (χ0) is 9.30. The van der Waals surface area contributed by atoms with E-state index < -0.39 is 5.97 Å². The number of aromatic carboxylic acids is 1. The topological polar surface area (TPSA) is 103 Å². The van der Waals surface area contributed by atoms with Crippen molar-refractivity contribution >= 4 is 11.8 Å². The third-order valence-electron chi connectivity index (χ3n) is 1.51. The van der Waals surface area contributed by atoms with E-state index in [2.05, 4.69) is 4.98 Å². The summed E-state index contributed by atoms with van der Waals surface area (Å²) in [6.45, 7) is 1.69. The molecular weight excluding hydrogens is 158 g/mol. The van der Waals surface area contributed by atoms with E-state index in [0.29, 0.717) is 11.3 Å². The number of carboxylic acid groups (broad SMARTS) is 1. The van der Waals surface area contributed by atoms with Gasteiger partial charge in [0.15, 0.2) is 0 Å². The highest BCUT2D eigenvalue weighted by molar-refractivity contribution is 5.97. The number of nitrogens with one attached hydrogen (secondary N) is 2. The molecular formula is C7H9N3O2. The van der Waals surface area contributed by atoms with Gasteiger partial charge in [-0.05, 0) is 18.6 Å². The van der Waals surface area contributed by atoms with Crippen LogP contribution in [0.1, 0.15) is 21.7 Å². The summed E-state index contributed by atoms with van der Waals surface area (Å²) in [5, 5.41) is 15.6.